The molecule has 0 saturated heterocycles. The lowest BCUT2D eigenvalue weighted by Crippen LogP contribution is -2.19. The van der Waals surface area contributed by atoms with Crippen molar-refractivity contribution in [2.75, 3.05) is 14.2 Å². The molecule has 2 aromatic rings. The molecule has 6 heteroatoms. The van der Waals surface area contributed by atoms with Crippen molar-refractivity contribution in [2.45, 2.75) is 53.5 Å². The Kier molecular flexibility index (Phi) is 12.5. The lowest BCUT2D eigenvalue weighted by Gasteiger charge is -2.23. The van der Waals surface area contributed by atoms with E-state index in [4.69, 9.17) is 20.9 Å². The number of methoxy groups -OCH3 is 2. The normalized spacial score (nSPS) is 14.2. The number of hydrogen-bond acceptors (Lipinski definition) is 6. The first kappa shape index (κ1) is 29.7. The molecule has 1 atom stereocenters. The molecule has 2 aromatic carbocycles. The minimum absolute atomic E-state index is 0.0337. The van der Waals surface area contributed by atoms with E-state index >= 15 is 0 Å². The average Bonchev–Trinajstić information content (AvgIpc) is 2.85. The van der Waals surface area contributed by atoms with Crippen molar-refractivity contribution >= 4 is 5.57 Å². The predicted octanol–water partition coefficient (Wildman–Crippen LogP) is 6.42. The maximum atomic E-state index is 10.3. The Morgan fingerprint density at radius 1 is 0.886 bits per heavy atom. The zero-order chi connectivity index (χ0) is 26.5. The van der Waals surface area contributed by atoms with E-state index in [0.717, 1.165) is 41.4 Å². The van der Waals surface area contributed by atoms with Gasteiger partial charge in [-0.05, 0) is 53.8 Å². The predicted molar refractivity (Wildman–Crippen MR) is 145 cm³/mol. The first-order chi connectivity index (χ1) is 16.7. The van der Waals surface area contributed by atoms with Crippen molar-refractivity contribution in [3.05, 3.63) is 82.8 Å². The second-order valence-corrected chi connectivity index (χ2v) is 8.54. The first-order valence-electron chi connectivity index (χ1n) is 12.0. The maximum absolute atomic E-state index is 10.3. The minimum Gasteiger partial charge on any atom is -0.508 e. The van der Waals surface area contributed by atoms with Crippen molar-refractivity contribution in [3.8, 4) is 17.2 Å². The Morgan fingerprint density at radius 2 is 1.49 bits per heavy atom. The molecule has 1 aliphatic rings. The summed E-state index contributed by atoms with van der Waals surface area (Å²) >= 11 is 0. The van der Waals surface area contributed by atoms with Gasteiger partial charge < -0.3 is 31.2 Å². The second kappa shape index (κ2) is 14.8. The Morgan fingerprint density at radius 3 is 1.94 bits per heavy atom. The van der Waals surface area contributed by atoms with Gasteiger partial charge in [0, 0.05) is 29.3 Å². The molecule has 0 bridgehead atoms. The van der Waals surface area contributed by atoms with E-state index < -0.39 is 6.04 Å². The van der Waals surface area contributed by atoms with E-state index in [1.54, 1.807) is 20.3 Å². The number of allylic oxidation sites excluding steroid dienone is 4. The first-order valence-corrected chi connectivity index (χ1v) is 12.0. The highest BCUT2D eigenvalue weighted by Gasteiger charge is 2.23. The Bertz CT molecular complexity index is 1020. The summed E-state index contributed by atoms with van der Waals surface area (Å²) in [5, 5.41) is 19.9. The van der Waals surface area contributed by atoms with Gasteiger partial charge in [0.1, 0.15) is 17.2 Å². The fraction of sp³-hybridized carbons (Fsp3) is 0.379. The number of benzene rings is 2. The molecular formula is C29H42N2O4. The van der Waals surface area contributed by atoms with Crippen LogP contribution in [0, 0.1) is 5.92 Å². The largest absolute Gasteiger partial charge is 0.508 e. The van der Waals surface area contributed by atoms with E-state index in [2.05, 4.69) is 20.8 Å². The van der Waals surface area contributed by atoms with Crippen LogP contribution in [0.2, 0.25) is 0 Å². The highest BCUT2D eigenvalue weighted by atomic mass is 16.5. The summed E-state index contributed by atoms with van der Waals surface area (Å²) in [6, 6.07) is 11.1. The SMILES string of the molecule is CC.CC(C)C.COC1=CC=C(/C(N)=C(\c2ccc(OC)cc2)C(N)c2ccc(O)cc2O)CC1. The zero-order valence-corrected chi connectivity index (χ0v) is 22.1. The standard InChI is InChI=1S/C23H26N2O4.C4H10.C2H6/c1-28-17-8-3-14(4-9-17)21(22(24)15-5-10-18(29-2)11-6-15)23(25)19-12-7-16(26)13-20(19)27;1-4(2)3;1-2/h3-5,7-10,12-13,23,26-27H,6,11,24-25H2,1-2H3;4H,1-3H3;1-2H3/b22-21-;;. The molecule has 0 aromatic heterocycles. The van der Waals surface area contributed by atoms with Crippen LogP contribution in [0.15, 0.2) is 71.6 Å². The Balaban J connectivity index is 0.000000926. The van der Waals surface area contributed by atoms with Crippen molar-refractivity contribution in [1.82, 2.24) is 0 Å². The van der Waals surface area contributed by atoms with Gasteiger partial charge in [-0.2, -0.15) is 0 Å². The lowest BCUT2D eigenvalue weighted by atomic mass is 9.87. The van der Waals surface area contributed by atoms with Crippen LogP contribution in [0.1, 0.15) is 64.6 Å². The molecule has 6 N–H and O–H groups in total. The van der Waals surface area contributed by atoms with Crippen LogP contribution in [0.5, 0.6) is 17.2 Å². The van der Waals surface area contributed by atoms with Gasteiger partial charge in [-0.1, -0.05) is 52.8 Å². The van der Waals surface area contributed by atoms with Crippen LogP contribution in [0.4, 0.5) is 0 Å². The van der Waals surface area contributed by atoms with E-state index in [9.17, 15) is 10.2 Å². The molecule has 0 aliphatic heterocycles. The molecule has 0 fully saturated rings. The second-order valence-electron chi connectivity index (χ2n) is 8.54. The van der Waals surface area contributed by atoms with E-state index in [1.807, 2.05) is 50.3 Å². The Hall–Kier alpha value is -3.38. The Labute approximate surface area is 210 Å². The van der Waals surface area contributed by atoms with Gasteiger partial charge in [0.05, 0.1) is 26.0 Å². The molecule has 0 saturated carbocycles. The highest BCUT2D eigenvalue weighted by Crippen LogP contribution is 2.38. The molecule has 0 amide bonds. The van der Waals surface area contributed by atoms with Crippen molar-refractivity contribution in [1.29, 1.82) is 0 Å². The van der Waals surface area contributed by atoms with Crippen LogP contribution in [0.3, 0.4) is 0 Å². The van der Waals surface area contributed by atoms with E-state index in [1.165, 1.54) is 12.1 Å². The monoisotopic (exact) mass is 482 g/mol. The molecule has 0 radical (unpaired) electrons. The molecule has 0 heterocycles. The number of nitrogens with two attached hydrogens (primary N) is 2. The van der Waals surface area contributed by atoms with Crippen LogP contribution < -0.4 is 16.2 Å². The summed E-state index contributed by atoms with van der Waals surface area (Å²) < 4.78 is 10.5. The molecular weight excluding hydrogens is 440 g/mol. The van der Waals surface area contributed by atoms with Gasteiger partial charge >= 0.3 is 0 Å². The fourth-order valence-electron chi connectivity index (χ4n) is 3.41. The highest BCUT2D eigenvalue weighted by molar-refractivity contribution is 5.77. The summed E-state index contributed by atoms with van der Waals surface area (Å²) in [7, 11) is 3.25. The average molecular weight is 483 g/mol. The maximum Gasteiger partial charge on any atom is 0.124 e. The van der Waals surface area contributed by atoms with Gasteiger partial charge in [-0.3, -0.25) is 0 Å². The van der Waals surface area contributed by atoms with Gasteiger partial charge in [0.2, 0.25) is 0 Å². The van der Waals surface area contributed by atoms with E-state index in [-0.39, 0.29) is 11.5 Å². The van der Waals surface area contributed by atoms with Gasteiger partial charge in [-0.25, -0.2) is 0 Å². The number of aromatic hydroxyl groups is 2. The number of phenolic OH excluding ortho intramolecular Hbond substituents is 2. The third kappa shape index (κ3) is 8.72. The van der Waals surface area contributed by atoms with Crippen molar-refractivity contribution in [3.63, 3.8) is 0 Å². The minimum atomic E-state index is -0.697. The van der Waals surface area contributed by atoms with Gasteiger partial charge in [0.25, 0.3) is 0 Å². The number of rotatable bonds is 6. The topological polar surface area (TPSA) is 111 Å². The number of hydrogen-bond donors (Lipinski definition) is 4. The van der Waals surface area contributed by atoms with Crippen LogP contribution in [-0.4, -0.2) is 24.4 Å². The molecule has 6 nitrogen and oxygen atoms in total. The number of phenols is 2. The number of ether oxygens (including phenoxy) is 2. The third-order valence-electron chi connectivity index (χ3n) is 5.07. The summed E-state index contributed by atoms with van der Waals surface area (Å²) in [6.45, 7) is 10.5. The smallest absolute Gasteiger partial charge is 0.124 e. The molecule has 1 unspecified atom stereocenters. The van der Waals surface area contributed by atoms with Gasteiger partial charge in [0.15, 0.2) is 0 Å². The van der Waals surface area contributed by atoms with Crippen LogP contribution in [0.25, 0.3) is 5.57 Å². The molecule has 192 valence electrons. The molecule has 0 spiro atoms. The van der Waals surface area contributed by atoms with Gasteiger partial charge in [-0.15, -0.1) is 0 Å². The lowest BCUT2D eigenvalue weighted by molar-refractivity contribution is 0.276. The summed E-state index contributed by atoms with van der Waals surface area (Å²) in [4.78, 5) is 0. The molecule has 1 aliphatic carbocycles. The molecule has 3 rings (SSSR count). The third-order valence-corrected chi connectivity index (χ3v) is 5.07. The molecule has 35 heavy (non-hydrogen) atoms. The summed E-state index contributed by atoms with van der Waals surface area (Å²) in [5.41, 5.74) is 16.7. The van der Waals surface area contributed by atoms with Crippen molar-refractivity contribution in [2.24, 2.45) is 17.4 Å². The van der Waals surface area contributed by atoms with E-state index in [0.29, 0.717) is 16.8 Å². The fourth-order valence-corrected chi connectivity index (χ4v) is 3.41. The summed E-state index contributed by atoms with van der Waals surface area (Å²) in [5.74, 6) is 2.33. The van der Waals surface area contributed by atoms with Crippen LogP contribution >= 0.6 is 0 Å². The summed E-state index contributed by atoms with van der Waals surface area (Å²) in [6.07, 6.45) is 5.31. The van der Waals surface area contributed by atoms with Crippen molar-refractivity contribution < 1.29 is 19.7 Å². The van der Waals surface area contributed by atoms with Crippen LogP contribution in [-0.2, 0) is 4.74 Å². The quantitative estimate of drug-likeness (QED) is 0.378. The zero-order valence-electron chi connectivity index (χ0n) is 22.1.